The second-order valence-corrected chi connectivity index (χ2v) is 15.8. The van der Waals surface area contributed by atoms with Crippen molar-refractivity contribution in [3.8, 4) is 0 Å². The maximum atomic E-state index is 14.1. The van der Waals surface area contributed by atoms with Crippen LogP contribution in [0.2, 0.25) is 10.0 Å². The van der Waals surface area contributed by atoms with Gasteiger partial charge in [-0.2, -0.15) is 0 Å². The summed E-state index contributed by atoms with van der Waals surface area (Å²) in [6, 6.07) is 42.0. The fourth-order valence-electron chi connectivity index (χ4n) is 4.46. The highest BCUT2D eigenvalue weighted by atomic mass is 35.5. The lowest BCUT2D eigenvalue weighted by Crippen LogP contribution is -2.12. The fourth-order valence-corrected chi connectivity index (χ4v) is 6.87. The molecule has 0 bridgehead atoms. The van der Waals surface area contributed by atoms with Crippen LogP contribution in [0, 0.1) is 0 Å². The van der Waals surface area contributed by atoms with E-state index in [-0.39, 0.29) is 9.81 Å². The van der Waals surface area contributed by atoms with E-state index in [4.69, 9.17) is 28.3 Å². The SMILES string of the molecule is O=C(O)CS(=O)(=O)/C=C\c1ccccc1.O=S(=O)(C(/C=C\c1ccccc1)=C/c1ccc(Cl)cc1)C(/C=C\c1ccccc1)=C/c1ccc(Cl)cc1. The summed E-state index contributed by atoms with van der Waals surface area (Å²) in [5, 5.41) is 10.4. The van der Waals surface area contributed by atoms with Crippen molar-refractivity contribution in [1.29, 1.82) is 0 Å². The Kier molecular flexibility index (Phi) is 14.7. The Bertz CT molecular complexity index is 2180. The number of carbonyl (C=O) groups is 1. The van der Waals surface area contributed by atoms with Gasteiger partial charge in [0.1, 0.15) is 0 Å². The van der Waals surface area contributed by atoms with Crippen molar-refractivity contribution in [3.05, 3.63) is 205 Å². The van der Waals surface area contributed by atoms with Gasteiger partial charge in [0.15, 0.2) is 15.6 Å². The summed E-state index contributed by atoms with van der Waals surface area (Å²) in [5.41, 5.74) is 3.94. The number of halogens is 2. The molecule has 0 aliphatic heterocycles. The highest BCUT2D eigenvalue weighted by molar-refractivity contribution is 7.99. The molecule has 6 nitrogen and oxygen atoms in total. The molecule has 0 aliphatic rings. The summed E-state index contributed by atoms with van der Waals surface area (Å²) < 4.78 is 50.5. The first-order valence-electron chi connectivity index (χ1n) is 15.7. The summed E-state index contributed by atoms with van der Waals surface area (Å²) in [5.74, 6) is -2.23. The predicted octanol–water partition coefficient (Wildman–Crippen LogP) is 10.4. The topological polar surface area (TPSA) is 106 Å². The molecule has 0 heterocycles. The van der Waals surface area contributed by atoms with Crippen molar-refractivity contribution in [1.82, 2.24) is 0 Å². The van der Waals surface area contributed by atoms with E-state index in [1.807, 2.05) is 66.7 Å². The minimum absolute atomic E-state index is 0.150. The van der Waals surface area contributed by atoms with Crippen LogP contribution < -0.4 is 0 Å². The Morgan fingerprint density at radius 3 is 1.19 bits per heavy atom. The molecule has 0 aromatic heterocycles. The van der Waals surface area contributed by atoms with E-state index in [9.17, 15) is 21.6 Å². The summed E-state index contributed by atoms with van der Waals surface area (Å²) in [7, 11) is -7.60. The lowest BCUT2D eigenvalue weighted by atomic mass is 10.2. The average Bonchev–Trinajstić information content (AvgIpc) is 3.13. The molecule has 0 aliphatic carbocycles. The summed E-state index contributed by atoms with van der Waals surface area (Å²) >= 11 is 12.1. The van der Waals surface area contributed by atoms with Crippen molar-refractivity contribution in [2.45, 2.75) is 0 Å². The number of carboxylic acids is 1. The van der Waals surface area contributed by atoms with Gasteiger partial charge in [-0.3, -0.25) is 4.79 Å². The van der Waals surface area contributed by atoms with Crippen LogP contribution in [0.3, 0.4) is 0 Å². The van der Waals surface area contributed by atoms with Gasteiger partial charge in [-0.15, -0.1) is 0 Å². The quantitative estimate of drug-likeness (QED) is 0.127. The minimum Gasteiger partial charge on any atom is -0.480 e. The smallest absolute Gasteiger partial charge is 0.319 e. The van der Waals surface area contributed by atoms with Gasteiger partial charge in [0.2, 0.25) is 9.84 Å². The average molecular weight is 770 g/mol. The Morgan fingerprint density at radius 2 is 0.846 bits per heavy atom. The monoisotopic (exact) mass is 768 g/mol. The van der Waals surface area contributed by atoms with Crippen molar-refractivity contribution in [2.24, 2.45) is 0 Å². The molecule has 0 radical (unpaired) electrons. The van der Waals surface area contributed by atoms with Gasteiger partial charge in [-0.05, 0) is 82.5 Å². The molecule has 5 aromatic carbocycles. The Balaban J connectivity index is 0.000000338. The Hall–Kier alpha value is -5.25. The molecular formula is C42H34Cl2O6S2. The molecule has 0 amide bonds. The van der Waals surface area contributed by atoms with Crippen LogP contribution in [-0.2, 0) is 24.5 Å². The standard InChI is InChI=1S/C32H24Cl2O2S.C10H10O4S/c33-29-17-11-27(12-18-29)23-31(21-15-25-7-3-1-4-8-25)37(35,36)32(22-16-26-9-5-2-6-10-26)24-28-13-19-30(34)20-14-28;11-10(12)8-15(13,14)7-6-9-4-2-1-3-5-9/h1-24H;1-7H,8H2,(H,11,12)/b21-15-,22-16-,31-23+,32-24+;7-6-. The zero-order chi connectivity index (χ0) is 37.4. The van der Waals surface area contributed by atoms with Gasteiger partial charge in [0, 0.05) is 15.5 Å². The van der Waals surface area contributed by atoms with E-state index >= 15 is 0 Å². The van der Waals surface area contributed by atoms with E-state index < -0.39 is 31.4 Å². The number of hydrogen-bond donors (Lipinski definition) is 1. The van der Waals surface area contributed by atoms with Gasteiger partial charge < -0.3 is 5.11 Å². The van der Waals surface area contributed by atoms with E-state index in [1.165, 1.54) is 6.08 Å². The summed E-state index contributed by atoms with van der Waals surface area (Å²) in [4.78, 5) is 10.5. The molecule has 0 spiro atoms. The molecular weight excluding hydrogens is 735 g/mol. The summed E-state index contributed by atoms with van der Waals surface area (Å²) in [6.45, 7) is 0. The van der Waals surface area contributed by atoms with Crippen LogP contribution in [0.15, 0.2) is 167 Å². The number of allylic oxidation sites excluding steroid dienone is 2. The van der Waals surface area contributed by atoms with Crippen LogP contribution in [-0.4, -0.2) is 33.7 Å². The minimum atomic E-state index is -3.94. The molecule has 5 aromatic rings. The maximum Gasteiger partial charge on any atom is 0.319 e. The summed E-state index contributed by atoms with van der Waals surface area (Å²) in [6.07, 6.45) is 11.5. The molecule has 0 unspecified atom stereocenters. The first-order valence-corrected chi connectivity index (χ1v) is 19.7. The van der Waals surface area contributed by atoms with Crippen LogP contribution in [0.25, 0.3) is 30.4 Å². The molecule has 0 fully saturated rings. The lowest BCUT2D eigenvalue weighted by Gasteiger charge is -2.09. The van der Waals surface area contributed by atoms with Crippen molar-refractivity contribution < 1.29 is 26.7 Å². The molecule has 0 saturated carbocycles. The third kappa shape index (κ3) is 13.5. The Morgan fingerprint density at radius 1 is 0.500 bits per heavy atom. The van der Waals surface area contributed by atoms with E-state index in [2.05, 4.69) is 0 Å². The second-order valence-electron chi connectivity index (χ2n) is 11.1. The molecule has 5 rings (SSSR count). The molecule has 1 N–H and O–H groups in total. The first kappa shape index (κ1) is 39.5. The first-order chi connectivity index (χ1) is 24.9. The zero-order valence-electron chi connectivity index (χ0n) is 27.7. The third-order valence-electron chi connectivity index (χ3n) is 7.05. The van der Waals surface area contributed by atoms with Crippen LogP contribution in [0.4, 0.5) is 0 Å². The predicted molar refractivity (Wildman–Crippen MR) is 216 cm³/mol. The number of aliphatic carboxylic acids is 1. The highest BCUT2D eigenvalue weighted by Gasteiger charge is 2.21. The van der Waals surface area contributed by atoms with E-state index in [1.54, 1.807) is 109 Å². The van der Waals surface area contributed by atoms with Crippen molar-refractivity contribution in [3.63, 3.8) is 0 Å². The van der Waals surface area contributed by atoms with Crippen LogP contribution in [0.5, 0.6) is 0 Å². The number of hydrogen-bond acceptors (Lipinski definition) is 5. The van der Waals surface area contributed by atoms with Gasteiger partial charge in [0.05, 0.1) is 9.81 Å². The molecule has 52 heavy (non-hydrogen) atoms. The maximum absolute atomic E-state index is 14.1. The number of benzene rings is 5. The zero-order valence-corrected chi connectivity index (χ0v) is 30.8. The second kappa shape index (κ2) is 19.4. The number of sulfone groups is 2. The lowest BCUT2D eigenvalue weighted by molar-refractivity contribution is -0.134. The molecule has 264 valence electrons. The van der Waals surface area contributed by atoms with Gasteiger partial charge in [-0.1, -0.05) is 151 Å². The Labute approximate surface area is 314 Å². The normalized spacial score (nSPS) is 12.6. The van der Waals surface area contributed by atoms with Crippen LogP contribution >= 0.6 is 23.2 Å². The molecule has 0 saturated heterocycles. The molecule has 0 atom stereocenters. The van der Waals surface area contributed by atoms with Gasteiger partial charge in [0.25, 0.3) is 0 Å². The van der Waals surface area contributed by atoms with Gasteiger partial charge >= 0.3 is 5.97 Å². The number of carboxylic acid groups (broad SMARTS) is 1. The fraction of sp³-hybridized carbons (Fsp3) is 0.0238. The molecule has 10 heteroatoms. The van der Waals surface area contributed by atoms with Crippen molar-refractivity contribution in [2.75, 3.05) is 5.75 Å². The van der Waals surface area contributed by atoms with Gasteiger partial charge in [-0.25, -0.2) is 16.8 Å². The number of rotatable bonds is 12. The van der Waals surface area contributed by atoms with Crippen molar-refractivity contribution >= 4 is 79.2 Å². The van der Waals surface area contributed by atoms with Crippen LogP contribution in [0.1, 0.15) is 27.8 Å². The van der Waals surface area contributed by atoms with E-state index in [0.717, 1.165) is 27.7 Å². The van der Waals surface area contributed by atoms with E-state index in [0.29, 0.717) is 15.6 Å². The largest absolute Gasteiger partial charge is 0.480 e. The third-order valence-corrected chi connectivity index (χ3v) is 10.5. The highest BCUT2D eigenvalue weighted by Crippen LogP contribution is 2.27.